The summed E-state index contributed by atoms with van der Waals surface area (Å²) in [6.07, 6.45) is 3.04. The van der Waals surface area contributed by atoms with Gasteiger partial charge in [-0.2, -0.15) is 0 Å². The molecule has 0 unspecified atom stereocenters. The summed E-state index contributed by atoms with van der Waals surface area (Å²) in [5, 5.41) is 17.2. The van der Waals surface area contributed by atoms with Crippen LogP contribution in [0.4, 0.5) is 0 Å². The number of nitrogens with zero attached hydrogens (tertiary/aromatic N) is 1. The molecule has 0 aromatic carbocycles. The lowest BCUT2D eigenvalue weighted by Gasteiger charge is -2.49. The molecule has 34 radical (unpaired) electrons. The molecule has 1 aliphatic rings. The quantitative estimate of drug-likeness (QED) is 0.0403. The van der Waals surface area contributed by atoms with Crippen LogP contribution in [0, 0.1) is 5.92 Å². The predicted molar refractivity (Wildman–Crippen MR) is 376 cm³/mol. The maximum absolute atomic E-state index is 11.0. The van der Waals surface area contributed by atoms with E-state index in [0.717, 1.165) is 24.7 Å². The molecule has 1 aliphatic heterocycles. The molecule has 0 aromatic heterocycles. The molecule has 3 amide bonds. The minimum absolute atomic E-state index is 0. The van der Waals surface area contributed by atoms with Gasteiger partial charge in [-0.3, -0.25) is 28.9 Å². The van der Waals surface area contributed by atoms with Crippen molar-refractivity contribution in [3.05, 3.63) is 12.2 Å². The zero-order valence-corrected chi connectivity index (χ0v) is 50.9. The van der Waals surface area contributed by atoms with Crippen LogP contribution in [0.1, 0.15) is 41.0 Å². The van der Waals surface area contributed by atoms with Gasteiger partial charge in [-0.15, -0.1) is 0 Å². The van der Waals surface area contributed by atoms with E-state index in [2.05, 4.69) is 80.8 Å². The van der Waals surface area contributed by atoms with Crippen LogP contribution in [0.25, 0.3) is 0 Å². The van der Waals surface area contributed by atoms with E-state index < -0.39 is 94.9 Å². The van der Waals surface area contributed by atoms with E-state index in [1.165, 1.54) is 47.4 Å². The van der Waals surface area contributed by atoms with Crippen LogP contribution in [0.15, 0.2) is 12.2 Å². The molecular formula is C25H61B30N5O7S6. The molecule has 0 saturated heterocycles. The molecule has 0 atom stereocenters. The fourth-order valence-corrected chi connectivity index (χ4v) is 5.35. The van der Waals surface area contributed by atoms with Crippen molar-refractivity contribution in [2.24, 2.45) is 23.1 Å². The van der Waals surface area contributed by atoms with Gasteiger partial charge in [-0.05, 0) is 64.6 Å². The lowest BCUT2D eigenvalue weighted by Crippen LogP contribution is -2.87. The molecule has 12 nitrogen and oxygen atoms in total. The van der Waals surface area contributed by atoms with Crippen LogP contribution < -0.4 is 22.5 Å². The first-order valence-electron chi connectivity index (χ1n) is 21.5. The number of hydrogen-bond acceptors (Lipinski definition) is 14. The summed E-state index contributed by atoms with van der Waals surface area (Å²) in [7, 11) is 108. The van der Waals surface area contributed by atoms with Crippen molar-refractivity contribution >= 4 is 309 Å². The van der Waals surface area contributed by atoms with Crippen LogP contribution in [-0.2, 0) is 24.0 Å². The number of carbonyl (C=O) groups is 5. The van der Waals surface area contributed by atoms with E-state index in [1.807, 2.05) is 0 Å². The van der Waals surface area contributed by atoms with Crippen LogP contribution in [-0.4, -0.2) is 332 Å². The van der Waals surface area contributed by atoms with Gasteiger partial charge >= 0.3 is 0 Å². The highest BCUT2D eigenvalue weighted by Gasteiger charge is 2.51. The van der Waals surface area contributed by atoms with Gasteiger partial charge in [0.25, 0.3) is 23.8 Å². The maximum atomic E-state index is 11.0. The van der Waals surface area contributed by atoms with Crippen molar-refractivity contribution < 1.29 is 34.2 Å². The SMILES string of the molecule is CC(=O)O.CC(=O)O.CC(C)C.CN.CN.CN.CNC(=O)CCN1C(=O)C=CC1=O.CSSC.CSSC.CSSC.[B].[B][B]B(B([B])[B])B(B(B([B])[B])B([B])[B])B(B(B([B])[B])B([B])[B])B(B([B])[B])B([B])[B]. The first-order chi connectivity index (χ1) is 33.3. The second kappa shape index (κ2) is 71.2. The summed E-state index contributed by atoms with van der Waals surface area (Å²) in [4.78, 5) is 51.8. The Morgan fingerprint density at radius 3 is 0.904 bits per heavy atom. The number of aliphatic carboxylic acids is 2. The summed E-state index contributed by atoms with van der Waals surface area (Å²) in [5.41, 5.74) is 13.5. The van der Waals surface area contributed by atoms with Crippen molar-refractivity contribution in [1.82, 2.24) is 10.2 Å². The van der Waals surface area contributed by atoms with E-state index in [-0.39, 0.29) is 39.1 Å². The molecule has 0 saturated carbocycles. The topological polar surface area (TPSA) is 219 Å². The van der Waals surface area contributed by atoms with Crippen molar-refractivity contribution in [2.45, 2.75) is 41.0 Å². The standard InChI is InChI=1S/C8H10N2O3.C4H10.2C2H4O2.3C2H6S2.3CH5N.B29.B/c1-9-6(11)4-5-10-7(12)2-3-8(10)13;1-4(2)3;2*1-2(3)4;3*1-3-4-2;3*1-2;1-16-24(17(2)3)28(25(18(4)5)19(6)7)29(26(20(8)9)21(10)11)27(22(12)13)23(14)15;/h2-3H,4-5H2,1H3,(H,9,11);4H,1-3H3;2*1H3,(H,3,4);3*1-2H3;3*2H2,1H3;;. The molecule has 1 heterocycles. The number of carboxylic acids is 2. The number of nitrogens with two attached hydrogens (primary N) is 3. The van der Waals surface area contributed by atoms with Crippen LogP contribution >= 0.6 is 64.8 Å². The van der Waals surface area contributed by atoms with Crippen molar-refractivity contribution in [3.8, 4) is 0 Å². The van der Waals surface area contributed by atoms with Gasteiger partial charge in [0.05, 0.1) is 0 Å². The zero-order valence-electron chi connectivity index (χ0n) is 46.0. The second-order valence-corrected chi connectivity index (χ2v) is 22.1. The third-order valence-electron chi connectivity index (χ3n) is 7.80. The Morgan fingerprint density at radius 2 is 0.753 bits per heavy atom. The van der Waals surface area contributed by atoms with Crippen molar-refractivity contribution in [3.63, 3.8) is 0 Å². The van der Waals surface area contributed by atoms with E-state index in [9.17, 15) is 14.4 Å². The molecule has 0 aliphatic carbocycles. The Kier molecular flexibility index (Phi) is 97.1. The third-order valence-corrected chi connectivity index (χ3v) is 11.8. The minimum atomic E-state index is -1.03. The largest absolute Gasteiger partial charge is 0.481 e. The first-order valence-corrected chi connectivity index (χ1v) is 30.4. The average molecular weight is 1060 g/mol. The number of carbonyl (C=O) groups excluding carboxylic acids is 3. The summed E-state index contributed by atoms with van der Waals surface area (Å²) < 4.78 is 0. The number of amides is 3. The number of hydrogen-bond donors (Lipinski definition) is 6. The molecular weight excluding hydrogens is 999 g/mol. The fourth-order valence-electron chi connectivity index (χ4n) is 5.35. The van der Waals surface area contributed by atoms with Gasteiger partial charge in [0, 0.05) is 261 Å². The number of imide groups is 1. The highest BCUT2D eigenvalue weighted by atomic mass is 33.1. The van der Waals surface area contributed by atoms with Gasteiger partial charge in [0.15, 0.2) is 0 Å². The van der Waals surface area contributed by atoms with Crippen LogP contribution in [0.2, 0.25) is 0 Å². The molecule has 73 heavy (non-hydrogen) atoms. The molecule has 354 valence electrons. The molecule has 0 spiro atoms. The summed E-state index contributed by atoms with van der Waals surface area (Å²) in [5.74, 6) is -1.73. The Hall–Kier alpha value is 1.22. The van der Waals surface area contributed by atoms with E-state index >= 15 is 0 Å². The van der Waals surface area contributed by atoms with Gasteiger partial charge in [0.2, 0.25) is 5.91 Å². The van der Waals surface area contributed by atoms with Crippen LogP contribution in [0.3, 0.4) is 0 Å². The maximum Gasteiger partial charge on any atom is 0.300 e. The summed E-state index contributed by atoms with van der Waals surface area (Å²) >= 11 is 0. The van der Waals surface area contributed by atoms with E-state index in [1.54, 1.807) is 64.8 Å². The molecule has 1 rings (SSSR count). The van der Waals surface area contributed by atoms with E-state index in [0.29, 0.717) is 0 Å². The Morgan fingerprint density at radius 1 is 0.548 bits per heavy atom. The highest BCUT2D eigenvalue weighted by Crippen LogP contribution is 2.14. The number of carboxylic acid groups (broad SMARTS) is 2. The Bertz CT molecular complexity index is 1170. The fraction of sp³-hybridized carbons (Fsp3) is 0.720. The Balaban J connectivity index is -0.0000000796. The molecule has 0 bridgehead atoms. The van der Waals surface area contributed by atoms with Gasteiger partial charge in [-0.1, -0.05) is 85.5 Å². The molecule has 48 heteroatoms. The van der Waals surface area contributed by atoms with Crippen LogP contribution in [0.5, 0.6) is 0 Å². The lowest BCUT2D eigenvalue weighted by atomic mass is 8.32. The Labute approximate surface area is 497 Å². The van der Waals surface area contributed by atoms with Crippen molar-refractivity contribution in [2.75, 3.05) is 72.3 Å². The second-order valence-electron chi connectivity index (χ2n) is 14.1. The average Bonchev–Trinajstić information content (AvgIpc) is 3.61. The smallest absolute Gasteiger partial charge is 0.300 e. The number of rotatable bonds is 19. The summed E-state index contributed by atoms with van der Waals surface area (Å²) in [6, 6.07) is 0. The highest BCUT2D eigenvalue weighted by molar-refractivity contribution is 8.76. The summed E-state index contributed by atoms with van der Waals surface area (Å²) in [6.45, 7) is 8.81. The predicted octanol–water partition coefficient (Wildman–Crippen LogP) is -6.93. The monoisotopic (exact) mass is 1070 g/mol. The number of nitrogens with one attached hydrogen (secondary N) is 1. The molecule has 9 N–H and O–H groups in total. The third kappa shape index (κ3) is 67.4. The normalized spacial score (nSPS) is 9.11. The van der Waals surface area contributed by atoms with Crippen molar-refractivity contribution in [1.29, 1.82) is 0 Å². The molecule has 0 fully saturated rings. The lowest BCUT2D eigenvalue weighted by molar-refractivity contribution is -0.138. The first kappa shape index (κ1) is 99.6. The van der Waals surface area contributed by atoms with Gasteiger partial charge in [-0.25, -0.2) is 0 Å². The van der Waals surface area contributed by atoms with Gasteiger partial charge < -0.3 is 32.7 Å². The van der Waals surface area contributed by atoms with E-state index in [4.69, 9.17) is 136 Å². The zero-order chi connectivity index (χ0) is 60.0. The van der Waals surface area contributed by atoms with Gasteiger partial charge in [0.1, 0.15) is 0 Å². The minimum Gasteiger partial charge on any atom is -0.481 e. The molecule has 0 aromatic rings.